The summed E-state index contributed by atoms with van der Waals surface area (Å²) < 4.78 is 11.3. The number of carbonyl (C=O) groups excluding carboxylic acids is 1. The first-order valence-electron chi connectivity index (χ1n) is 9.48. The topological polar surface area (TPSA) is 73.6 Å². The standard InChI is InChI=1S/C22H30N2O3/c1-5-26-19-13-12-18(14-20(19)27-6-2)16(4)24-22(25)15(3)21(23)17-10-8-7-9-11-17/h7-16,21H,5-6,23H2,1-4H3,(H,24,25). The van der Waals surface area contributed by atoms with Crippen molar-refractivity contribution in [2.75, 3.05) is 13.2 Å². The van der Waals surface area contributed by atoms with Gasteiger partial charge < -0.3 is 20.5 Å². The number of rotatable bonds is 9. The zero-order chi connectivity index (χ0) is 19.8. The van der Waals surface area contributed by atoms with E-state index >= 15 is 0 Å². The van der Waals surface area contributed by atoms with Gasteiger partial charge in [0.05, 0.1) is 25.2 Å². The molecular formula is C22H30N2O3. The molecule has 3 N–H and O–H groups in total. The Labute approximate surface area is 161 Å². The molecule has 2 aromatic carbocycles. The van der Waals surface area contributed by atoms with Crippen molar-refractivity contribution in [3.63, 3.8) is 0 Å². The van der Waals surface area contributed by atoms with Crippen LogP contribution in [0.4, 0.5) is 0 Å². The third-order valence-electron chi connectivity index (χ3n) is 4.56. The highest BCUT2D eigenvalue weighted by atomic mass is 16.5. The Balaban J connectivity index is 2.08. The molecule has 0 saturated heterocycles. The normalized spacial score (nSPS) is 14.1. The molecule has 0 spiro atoms. The number of hydrogen-bond acceptors (Lipinski definition) is 4. The lowest BCUT2D eigenvalue weighted by Crippen LogP contribution is -2.36. The predicted octanol–water partition coefficient (Wildman–Crippen LogP) is 4.00. The van der Waals surface area contributed by atoms with E-state index in [9.17, 15) is 4.79 Å². The van der Waals surface area contributed by atoms with Crippen molar-refractivity contribution >= 4 is 5.91 Å². The number of nitrogens with two attached hydrogens (primary N) is 1. The highest BCUT2D eigenvalue weighted by Crippen LogP contribution is 2.31. The number of benzene rings is 2. The number of amides is 1. The van der Waals surface area contributed by atoms with Gasteiger partial charge in [0, 0.05) is 6.04 Å². The van der Waals surface area contributed by atoms with Gasteiger partial charge in [-0.2, -0.15) is 0 Å². The smallest absolute Gasteiger partial charge is 0.225 e. The van der Waals surface area contributed by atoms with E-state index in [-0.39, 0.29) is 23.9 Å². The Morgan fingerprint density at radius 1 is 0.963 bits per heavy atom. The quantitative estimate of drug-likeness (QED) is 0.700. The third kappa shape index (κ3) is 5.47. The molecule has 0 aliphatic carbocycles. The number of hydrogen-bond donors (Lipinski definition) is 2. The van der Waals surface area contributed by atoms with E-state index in [0.717, 1.165) is 11.1 Å². The summed E-state index contributed by atoms with van der Waals surface area (Å²) in [6.07, 6.45) is 0. The maximum absolute atomic E-state index is 12.7. The fourth-order valence-corrected chi connectivity index (χ4v) is 2.89. The minimum atomic E-state index is -0.349. The molecule has 5 heteroatoms. The van der Waals surface area contributed by atoms with Gasteiger partial charge in [0.1, 0.15) is 0 Å². The Bertz CT molecular complexity index is 734. The van der Waals surface area contributed by atoms with Gasteiger partial charge in [0.25, 0.3) is 0 Å². The van der Waals surface area contributed by atoms with Crippen molar-refractivity contribution in [1.29, 1.82) is 0 Å². The van der Waals surface area contributed by atoms with E-state index in [1.807, 2.05) is 76.2 Å². The van der Waals surface area contributed by atoms with Crippen LogP contribution in [0.2, 0.25) is 0 Å². The predicted molar refractivity (Wildman–Crippen MR) is 108 cm³/mol. The van der Waals surface area contributed by atoms with Crippen LogP contribution in [0, 0.1) is 5.92 Å². The molecule has 0 aromatic heterocycles. The average molecular weight is 370 g/mol. The van der Waals surface area contributed by atoms with Crippen LogP contribution in [-0.2, 0) is 4.79 Å². The van der Waals surface area contributed by atoms with E-state index in [1.165, 1.54) is 0 Å². The van der Waals surface area contributed by atoms with Gasteiger partial charge >= 0.3 is 0 Å². The first kappa shape index (κ1) is 20.8. The van der Waals surface area contributed by atoms with Gasteiger partial charge in [-0.1, -0.05) is 43.3 Å². The molecular weight excluding hydrogens is 340 g/mol. The van der Waals surface area contributed by atoms with Crippen molar-refractivity contribution in [2.45, 2.75) is 39.8 Å². The molecule has 27 heavy (non-hydrogen) atoms. The van der Waals surface area contributed by atoms with Crippen LogP contribution >= 0.6 is 0 Å². The molecule has 3 atom stereocenters. The van der Waals surface area contributed by atoms with E-state index < -0.39 is 0 Å². The zero-order valence-electron chi connectivity index (χ0n) is 16.6. The van der Waals surface area contributed by atoms with Gasteiger partial charge in [-0.05, 0) is 44.0 Å². The highest BCUT2D eigenvalue weighted by molar-refractivity contribution is 5.79. The van der Waals surface area contributed by atoms with Crippen LogP contribution in [0.3, 0.4) is 0 Å². The van der Waals surface area contributed by atoms with Gasteiger partial charge in [0.15, 0.2) is 11.5 Å². The van der Waals surface area contributed by atoms with Gasteiger partial charge in [-0.25, -0.2) is 0 Å². The summed E-state index contributed by atoms with van der Waals surface area (Å²) in [5.74, 6) is 0.975. The molecule has 0 bridgehead atoms. The molecule has 2 aromatic rings. The van der Waals surface area contributed by atoms with Gasteiger partial charge in [0.2, 0.25) is 5.91 Å². The van der Waals surface area contributed by atoms with Crippen LogP contribution < -0.4 is 20.5 Å². The van der Waals surface area contributed by atoms with Crippen molar-refractivity contribution in [3.05, 3.63) is 59.7 Å². The second-order valence-electron chi connectivity index (χ2n) is 6.53. The van der Waals surface area contributed by atoms with Crippen LogP contribution in [-0.4, -0.2) is 19.1 Å². The van der Waals surface area contributed by atoms with E-state index in [4.69, 9.17) is 15.2 Å². The molecule has 0 saturated carbocycles. The summed E-state index contributed by atoms with van der Waals surface area (Å²) in [6.45, 7) is 8.78. The lowest BCUT2D eigenvalue weighted by molar-refractivity contribution is -0.125. The Hall–Kier alpha value is -2.53. The molecule has 1 amide bonds. The van der Waals surface area contributed by atoms with E-state index in [0.29, 0.717) is 24.7 Å². The van der Waals surface area contributed by atoms with Crippen LogP contribution in [0.15, 0.2) is 48.5 Å². The summed E-state index contributed by atoms with van der Waals surface area (Å²) in [7, 11) is 0. The van der Waals surface area contributed by atoms with Gasteiger partial charge in [-0.15, -0.1) is 0 Å². The maximum Gasteiger partial charge on any atom is 0.225 e. The third-order valence-corrected chi connectivity index (χ3v) is 4.56. The molecule has 2 rings (SSSR count). The molecule has 3 unspecified atom stereocenters. The summed E-state index contributed by atoms with van der Waals surface area (Å²) in [4.78, 5) is 12.7. The summed E-state index contributed by atoms with van der Waals surface area (Å²) >= 11 is 0. The van der Waals surface area contributed by atoms with Crippen molar-refractivity contribution in [3.8, 4) is 11.5 Å². The molecule has 0 radical (unpaired) electrons. The first-order valence-corrected chi connectivity index (χ1v) is 9.48. The zero-order valence-corrected chi connectivity index (χ0v) is 16.6. The van der Waals surface area contributed by atoms with Crippen LogP contribution in [0.1, 0.15) is 50.9 Å². The number of nitrogens with one attached hydrogen (secondary N) is 1. The minimum absolute atomic E-state index is 0.0781. The Kier molecular flexibility index (Phi) is 7.67. The molecule has 0 fully saturated rings. The maximum atomic E-state index is 12.7. The summed E-state index contributed by atoms with van der Waals surface area (Å²) in [5.41, 5.74) is 8.18. The fraction of sp³-hybridized carbons (Fsp3) is 0.409. The lowest BCUT2D eigenvalue weighted by Gasteiger charge is -2.23. The Morgan fingerprint density at radius 3 is 2.22 bits per heavy atom. The van der Waals surface area contributed by atoms with Crippen molar-refractivity contribution in [2.24, 2.45) is 11.7 Å². The van der Waals surface area contributed by atoms with Crippen LogP contribution in [0.25, 0.3) is 0 Å². The lowest BCUT2D eigenvalue weighted by atomic mass is 9.94. The monoisotopic (exact) mass is 370 g/mol. The SMILES string of the molecule is CCOc1ccc(C(C)NC(=O)C(C)C(N)c2ccccc2)cc1OCC. The van der Waals surface area contributed by atoms with Crippen LogP contribution in [0.5, 0.6) is 11.5 Å². The highest BCUT2D eigenvalue weighted by Gasteiger charge is 2.24. The fourth-order valence-electron chi connectivity index (χ4n) is 2.89. The number of carbonyl (C=O) groups is 1. The van der Waals surface area contributed by atoms with E-state index in [2.05, 4.69) is 5.32 Å². The largest absolute Gasteiger partial charge is 0.490 e. The second kappa shape index (κ2) is 9.97. The molecule has 0 aliphatic rings. The minimum Gasteiger partial charge on any atom is -0.490 e. The molecule has 146 valence electrons. The summed E-state index contributed by atoms with van der Waals surface area (Å²) in [5, 5.41) is 3.05. The second-order valence-corrected chi connectivity index (χ2v) is 6.53. The molecule has 0 heterocycles. The van der Waals surface area contributed by atoms with Gasteiger partial charge in [-0.3, -0.25) is 4.79 Å². The van der Waals surface area contributed by atoms with E-state index in [1.54, 1.807) is 0 Å². The number of ether oxygens (including phenoxy) is 2. The molecule has 0 aliphatic heterocycles. The van der Waals surface area contributed by atoms with Crippen molar-refractivity contribution < 1.29 is 14.3 Å². The first-order chi connectivity index (χ1) is 13.0. The van der Waals surface area contributed by atoms with Crippen molar-refractivity contribution in [1.82, 2.24) is 5.32 Å². The average Bonchev–Trinajstić information content (AvgIpc) is 2.69. The summed E-state index contributed by atoms with van der Waals surface area (Å²) in [6, 6.07) is 14.9. The Morgan fingerprint density at radius 2 is 1.59 bits per heavy atom. The molecule has 5 nitrogen and oxygen atoms in total.